The number of anilines is 2. The van der Waals surface area contributed by atoms with Gasteiger partial charge in [0.1, 0.15) is 17.6 Å². The number of alkyl halides is 3. The van der Waals surface area contributed by atoms with Crippen LogP contribution in [0.2, 0.25) is 5.02 Å². The SMILES string of the molecule is CN1CCN(C(=O)c2cc(NC(=O)Nc3ccc(Oc4ncnc5ccn(C)c45)cc3Cl)cc(C(F)(F)F)c2)CC1. The zero-order chi connectivity index (χ0) is 29.3. The van der Waals surface area contributed by atoms with Crippen molar-refractivity contribution in [3.63, 3.8) is 0 Å². The highest BCUT2D eigenvalue weighted by Gasteiger charge is 2.33. The first-order chi connectivity index (χ1) is 19.5. The van der Waals surface area contributed by atoms with E-state index >= 15 is 0 Å². The lowest BCUT2D eigenvalue weighted by molar-refractivity contribution is -0.137. The second-order valence-corrected chi connectivity index (χ2v) is 9.96. The van der Waals surface area contributed by atoms with Crippen LogP contribution in [0.1, 0.15) is 15.9 Å². The first-order valence-corrected chi connectivity index (χ1v) is 12.9. The van der Waals surface area contributed by atoms with Gasteiger partial charge in [0.15, 0.2) is 0 Å². The molecule has 1 fully saturated rings. The van der Waals surface area contributed by atoms with Crippen LogP contribution in [-0.4, -0.2) is 69.5 Å². The minimum atomic E-state index is -4.72. The van der Waals surface area contributed by atoms with Crippen LogP contribution in [0.4, 0.5) is 29.3 Å². The number of nitrogens with zero attached hydrogens (tertiary/aromatic N) is 5. The summed E-state index contributed by atoms with van der Waals surface area (Å²) in [6, 6.07) is 8.25. The largest absolute Gasteiger partial charge is 0.437 e. The van der Waals surface area contributed by atoms with Crippen molar-refractivity contribution < 1.29 is 27.5 Å². The summed E-state index contributed by atoms with van der Waals surface area (Å²) >= 11 is 6.36. The summed E-state index contributed by atoms with van der Waals surface area (Å²) in [5.74, 6) is 0.109. The highest BCUT2D eigenvalue weighted by molar-refractivity contribution is 6.34. The van der Waals surface area contributed by atoms with E-state index in [0.29, 0.717) is 48.8 Å². The van der Waals surface area contributed by atoms with E-state index in [1.54, 1.807) is 6.07 Å². The molecule has 0 saturated carbocycles. The van der Waals surface area contributed by atoms with Gasteiger partial charge >= 0.3 is 12.2 Å². The number of aryl methyl sites for hydroxylation is 1. The van der Waals surface area contributed by atoms with Crippen LogP contribution in [-0.2, 0) is 13.2 Å². The first-order valence-electron chi connectivity index (χ1n) is 12.5. The average molecular weight is 588 g/mol. The number of rotatable bonds is 5. The molecule has 0 spiro atoms. The summed E-state index contributed by atoms with van der Waals surface area (Å²) in [6.07, 6.45) is -1.53. The van der Waals surface area contributed by atoms with Crippen LogP contribution in [0, 0.1) is 0 Å². The van der Waals surface area contributed by atoms with Gasteiger partial charge in [-0.15, -0.1) is 0 Å². The van der Waals surface area contributed by atoms with Gasteiger partial charge in [0.2, 0.25) is 5.88 Å². The van der Waals surface area contributed by atoms with Crippen LogP contribution in [0.25, 0.3) is 11.0 Å². The van der Waals surface area contributed by atoms with Gasteiger partial charge in [0.25, 0.3) is 5.91 Å². The molecule has 0 radical (unpaired) electrons. The molecule has 10 nitrogen and oxygen atoms in total. The number of ether oxygens (including phenoxy) is 1. The first kappa shape index (κ1) is 28.2. The van der Waals surface area contributed by atoms with Gasteiger partial charge in [0, 0.05) is 56.7 Å². The van der Waals surface area contributed by atoms with Crippen molar-refractivity contribution in [2.75, 3.05) is 43.9 Å². The maximum atomic E-state index is 13.6. The number of likely N-dealkylation sites (N-methyl/N-ethyl adjacent to an activating group) is 1. The van der Waals surface area contributed by atoms with Gasteiger partial charge in [-0.05, 0) is 43.4 Å². The molecule has 0 atom stereocenters. The van der Waals surface area contributed by atoms with Crippen molar-refractivity contribution >= 4 is 45.9 Å². The lowest BCUT2D eigenvalue weighted by atomic mass is 10.1. The third kappa shape index (κ3) is 6.36. The Hall–Kier alpha value is -4.36. The van der Waals surface area contributed by atoms with Crippen LogP contribution in [0.3, 0.4) is 0 Å². The Balaban J connectivity index is 1.31. The highest BCUT2D eigenvalue weighted by atomic mass is 35.5. The second kappa shape index (κ2) is 11.3. The van der Waals surface area contributed by atoms with Gasteiger partial charge in [-0.1, -0.05) is 11.6 Å². The summed E-state index contributed by atoms with van der Waals surface area (Å²) in [4.78, 5) is 37.6. The van der Waals surface area contributed by atoms with Crippen LogP contribution in [0.15, 0.2) is 55.0 Å². The molecule has 214 valence electrons. The number of hydrogen-bond acceptors (Lipinski definition) is 6. The molecule has 2 aromatic heterocycles. The maximum Gasteiger partial charge on any atom is 0.416 e. The normalized spacial score (nSPS) is 14.2. The fourth-order valence-corrected chi connectivity index (χ4v) is 4.61. The Morgan fingerprint density at radius 1 is 0.976 bits per heavy atom. The molecule has 0 bridgehead atoms. The van der Waals surface area contributed by atoms with Crippen LogP contribution in [0.5, 0.6) is 11.6 Å². The number of piperazine rings is 1. The zero-order valence-corrected chi connectivity index (χ0v) is 22.8. The fourth-order valence-electron chi connectivity index (χ4n) is 4.40. The molecule has 41 heavy (non-hydrogen) atoms. The smallest absolute Gasteiger partial charge is 0.416 e. The monoisotopic (exact) mass is 587 g/mol. The maximum absolute atomic E-state index is 13.6. The average Bonchev–Trinajstić information content (AvgIpc) is 3.31. The van der Waals surface area contributed by atoms with Crippen molar-refractivity contribution in [3.8, 4) is 11.6 Å². The molecule has 4 aromatic rings. The van der Waals surface area contributed by atoms with Gasteiger partial charge in [0.05, 0.1) is 21.8 Å². The van der Waals surface area contributed by atoms with Crippen molar-refractivity contribution in [2.45, 2.75) is 6.18 Å². The van der Waals surface area contributed by atoms with E-state index in [2.05, 4.69) is 20.6 Å². The van der Waals surface area contributed by atoms with Crippen molar-refractivity contribution in [2.24, 2.45) is 7.05 Å². The molecule has 2 N–H and O–H groups in total. The molecule has 14 heteroatoms. The number of aromatic nitrogens is 3. The van der Waals surface area contributed by atoms with Crippen LogP contribution < -0.4 is 15.4 Å². The Morgan fingerprint density at radius 3 is 2.44 bits per heavy atom. The summed E-state index contributed by atoms with van der Waals surface area (Å²) in [6.45, 7) is 2.00. The molecule has 0 unspecified atom stereocenters. The summed E-state index contributed by atoms with van der Waals surface area (Å²) in [7, 11) is 3.73. The minimum absolute atomic E-state index is 0.116. The number of amides is 3. The number of carbonyl (C=O) groups is 2. The molecule has 1 saturated heterocycles. The predicted octanol–water partition coefficient (Wildman–Crippen LogP) is 5.46. The lowest BCUT2D eigenvalue weighted by Crippen LogP contribution is -2.47. The summed E-state index contributed by atoms with van der Waals surface area (Å²) in [5, 5.41) is 5.00. The van der Waals surface area contributed by atoms with E-state index in [-0.39, 0.29) is 22.0 Å². The third-order valence-corrected chi connectivity index (χ3v) is 6.90. The van der Waals surface area contributed by atoms with Gasteiger partial charge in [-0.2, -0.15) is 18.2 Å². The minimum Gasteiger partial charge on any atom is -0.437 e. The third-order valence-electron chi connectivity index (χ3n) is 6.58. The van der Waals surface area contributed by atoms with Gasteiger partial charge in [-0.3, -0.25) is 4.79 Å². The molecule has 5 rings (SSSR count). The topological polar surface area (TPSA) is 105 Å². The number of benzene rings is 2. The van der Waals surface area contributed by atoms with Crippen LogP contribution >= 0.6 is 11.6 Å². The molecular weight excluding hydrogens is 563 g/mol. The van der Waals surface area contributed by atoms with E-state index in [1.807, 2.05) is 35.8 Å². The van der Waals surface area contributed by atoms with Crippen molar-refractivity contribution in [1.82, 2.24) is 24.3 Å². The summed E-state index contributed by atoms with van der Waals surface area (Å²) in [5.41, 5.74) is 0.143. The Morgan fingerprint density at radius 2 is 1.73 bits per heavy atom. The van der Waals surface area contributed by atoms with Gasteiger partial charge < -0.3 is 29.7 Å². The predicted molar refractivity (Wildman–Crippen MR) is 148 cm³/mol. The molecule has 1 aliphatic heterocycles. The number of halogens is 4. The van der Waals surface area contributed by atoms with E-state index in [9.17, 15) is 22.8 Å². The van der Waals surface area contributed by atoms with E-state index in [0.717, 1.165) is 12.1 Å². The molecule has 1 aliphatic rings. The standard InChI is InChI=1S/C27H25ClF3N7O3/c1-36-7-9-38(10-8-36)25(39)16-11-17(27(29,30)31)13-18(12-16)34-26(40)35-21-4-3-19(14-20(21)28)41-24-23-22(32-15-33-24)5-6-37(23)2/h3-6,11-15H,7-10H2,1-2H3,(H2,34,35,40). The molecule has 2 aromatic carbocycles. The van der Waals surface area contributed by atoms with E-state index < -0.39 is 23.7 Å². The number of carbonyl (C=O) groups excluding carboxylic acids is 2. The molecular formula is C27H25ClF3N7O3. The number of nitrogens with one attached hydrogen (secondary N) is 2. The number of hydrogen-bond donors (Lipinski definition) is 2. The molecule has 3 heterocycles. The number of urea groups is 1. The van der Waals surface area contributed by atoms with Crippen molar-refractivity contribution in [1.29, 1.82) is 0 Å². The lowest BCUT2D eigenvalue weighted by Gasteiger charge is -2.32. The zero-order valence-electron chi connectivity index (χ0n) is 22.0. The Labute approximate surface area is 237 Å². The Kier molecular flexibility index (Phi) is 7.74. The summed E-state index contributed by atoms with van der Waals surface area (Å²) < 4.78 is 48.6. The van der Waals surface area contributed by atoms with Crippen molar-refractivity contribution in [3.05, 3.63) is 71.1 Å². The Bertz CT molecular complexity index is 1620. The van der Waals surface area contributed by atoms with E-state index in [1.165, 1.54) is 29.4 Å². The highest BCUT2D eigenvalue weighted by Crippen LogP contribution is 2.34. The van der Waals surface area contributed by atoms with E-state index in [4.69, 9.17) is 16.3 Å². The second-order valence-electron chi connectivity index (χ2n) is 9.55. The molecule has 3 amide bonds. The fraction of sp³-hybridized carbons (Fsp3) is 0.259. The quantitative estimate of drug-likeness (QED) is 0.321. The van der Waals surface area contributed by atoms with Gasteiger partial charge in [-0.25, -0.2) is 9.78 Å². The number of fused-ring (bicyclic) bond motifs is 1. The molecule has 0 aliphatic carbocycles.